The van der Waals surface area contributed by atoms with Crippen LogP contribution in [0.4, 0.5) is 0 Å². The molecule has 0 aliphatic heterocycles. The fourth-order valence-electron chi connectivity index (χ4n) is 1.54. The monoisotopic (exact) mass is 250 g/mol. The third-order valence-corrected chi connectivity index (χ3v) is 2.52. The number of nitrogens with two attached hydrogens (primary N) is 1. The Kier molecular flexibility index (Phi) is 5.87. The van der Waals surface area contributed by atoms with Crippen LogP contribution in [-0.2, 0) is 9.53 Å². The van der Waals surface area contributed by atoms with E-state index in [0.717, 1.165) is 0 Å². The fourth-order valence-corrected chi connectivity index (χ4v) is 1.54. The zero-order valence-corrected chi connectivity index (χ0v) is 10.4. The summed E-state index contributed by atoms with van der Waals surface area (Å²) in [6.07, 6.45) is 1.12. The van der Waals surface area contributed by atoms with Crippen molar-refractivity contribution in [1.82, 2.24) is 5.32 Å². The molecule has 1 aromatic rings. The van der Waals surface area contributed by atoms with E-state index in [0.29, 0.717) is 24.9 Å². The SMILES string of the molecule is COC(=O)[C@H](CCCN)NC(=O)c1ccccc1. The van der Waals surface area contributed by atoms with Crippen molar-refractivity contribution in [2.24, 2.45) is 5.73 Å². The second-order valence-electron chi connectivity index (χ2n) is 3.85. The molecule has 3 N–H and O–H groups in total. The van der Waals surface area contributed by atoms with Gasteiger partial charge in [0.2, 0.25) is 0 Å². The average molecular weight is 250 g/mol. The Balaban J connectivity index is 2.65. The van der Waals surface area contributed by atoms with Crippen LogP contribution in [0.15, 0.2) is 30.3 Å². The Labute approximate surface area is 106 Å². The standard InChI is InChI=1S/C13H18N2O3/c1-18-13(17)11(8-5-9-14)15-12(16)10-6-3-2-4-7-10/h2-4,6-7,11H,5,8-9,14H2,1H3,(H,15,16)/t11-/m0/s1. The number of ether oxygens (including phenoxy) is 1. The van der Waals surface area contributed by atoms with Crippen LogP contribution < -0.4 is 11.1 Å². The van der Waals surface area contributed by atoms with Crippen molar-refractivity contribution in [3.63, 3.8) is 0 Å². The fraction of sp³-hybridized carbons (Fsp3) is 0.385. The van der Waals surface area contributed by atoms with Crippen molar-refractivity contribution in [2.45, 2.75) is 18.9 Å². The van der Waals surface area contributed by atoms with Gasteiger partial charge in [-0.3, -0.25) is 4.79 Å². The lowest BCUT2D eigenvalue weighted by molar-refractivity contribution is -0.143. The van der Waals surface area contributed by atoms with Crippen LogP contribution in [-0.4, -0.2) is 31.6 Å². The number of hydrogen-bond donors (Lipinski definition) is 2. The summed E-state index contributed by atoms with van der Waals surface area (Å²) in [7, 11) is 1.30. The van der Waals surface area contributed by atoms with E-state index in [9.17, 15) is 9.59 Å². The minimum atomic E-state index is -0.647. The Morgan fingerprint density at radius 3 is 2.56 bits per heavy atom. The van der Waals surface area contributed by atoms with Crippen LogP contribution in [0.3, 0.4) is 0 Å². The summed E-state index contributed by atoms with van der Waals surface area (Å²) >= 11 is 0. The lowest BCUT2D eigenvalue weighted by Gasteiger charge is -2.16. The molecule has 1 amide bonds. The van der Waals surface area contributed by atoms with Gasteiger partial charge < -0.3 is 15.8 Å². The van der Waals surface area contributed by atoms with Crippen LogP contribution in [0.1, 0.15) is 23.2 Å². The van der Waals surface area contributed by atoms with Crippen molar-refractivity contribution >= 4 is 11.9 Å². The van der Waals surface area contributed by atoms with Gasteiger partial charge in [0.1, 0.15) is 6.04 Å². The van der Waals surface area contributed by atoms with Gasteiger partial charge in [0.25, 0.3) is 5.91 Å². The Morgan fingerprint density at radius 2 is 2.00 bits per heavy atom. The quantitative estimate of drug-likeness (QED) is 0.728. The van der Waals surface area contributed by atoms with Gasteiger partial charge >= 0.3 is 5.97 Å². The maximum Gasteiger partial charge on any atom is 0.328 e. The van der Waals surface area contributed by atoms with E-state index in [1.165, 1.54) is 7.11 Å². The first-order valence-corrected chi connectivity index (χ1v) is 5.83. The third kappa shape index (κ3) is 4.18. The molecule has 0 unspecified atom stereocenters. The van der Waals surface area contributed by atoms with Gasteiger partial charge in [0.15, 0.2) is 0 Å². The summed E-state index contributed by atoms with van der Waals surface area (Å²) in [5.74, 6) is -0.740. The van der Waals surface area contributed by atoms with Crippen LogP contribution in [0.5, 0.6) is 0 Å². The highest BCUT2D eigenvalue weighted by Crippen LogP contribution is 2.03. The minimum Gasteiger partial charge on any atom is -0.467 e. The van der Waals surface area contributed by atoms with Crippen LogP contribution in [0.2, 0.25) is 0 Å². The first kappa shape index (κ1) is 14.2. The molecule has 18 heavy (non-hydrogen) atoms. The van der Waals surface area contributed by atoms with E-state index in [-0.39, 0.29) is 5.91 Å². The topological polar surface area (TPSA) is 81.4 Å². The van der Waals surface area contributed by atoms with E-state index in [1.807, 2.05) is 6.07 Å². The Hall–Kier alpha value is -1.88. The molecule has 98 valence electrons. The molecule has 5 heteroatoms. The molecule has 0 saturated carbocycles. The number of nitrogens with one attached hydrogen (secondary N) is 1. The van der Waals surface area contributed by atoms with Crippen molar-refractivity contribution < 1.29 is 14.3 Å². The molecule has 1 rings (SSSR count). The van der Waals surface area contributed by atoms with Crippen molar-refractivity contribution in [2.75, 3.05) is 13.7 Å². The van der Waals surface area contributed by atoms with Gasteiger partial charge in [-0.1, -0.05) is 18.2 Å². The molecule has 0 fully saturated rings. The summed E-state index contributed by atoms with van der Waals surface area (Å²) in [6, 6.07) is 8.08. The van der Waals surface area contributed by atoms with Crippen molar-refractivity contribution in [3.05, 3.63) is 35.9 Å². The zero-order chi connectivity index (χ0) is 13.4. The predicted molar refractivity (Wildman–Crippen MR) is 68.0 cm³/mol. The number of carbonyl (C=O) groups is 2. The highest BCUT2D eigenvalue weighted by atomic mass is 16.5. The third-order valence-electron chi connectivity index (χ3n) is 2.52. The number of benzene rings is 1. The molecule has 1 atom stereocenters. The summed E-state index contributed by atoms with van der Waals surface area (Å²) in [5.41, 5.74) is 5.91. The molecular weight excluding hydrogens is 232 g/mol. The van der Waals surface area contributed by atoms with Crippen LogP contribution >= 0.6 is 0 Å². The number of rotatable bonds is 6. The second-order valence-corrected chi connectivity index (χ2v) is 3.85. The molecular formula is C13H18N2O3. The first-order valence-electron chi connectivity index (χ1n) is 5.83. The molecule has 0 heterocycles. The number of hydrogen-bond acceptors (Lipinski definition) is 4. The second kappa shape index (κ2) is 7.45. The van der Waals surface area contributed by atoms with Gasteiger partial charge in [0, 0.05) is 5.56 Å². The van der Waals surface area contributed by atoms with E-state index in [4.69, 9.17) is 5.73 Å². The van der Waals surface area contributed by atoms with E-state index >= 15 is 0 Å². The maximum atomic E-state index is 11.9. The highest BCUT2D eigenvalue weighted by molar-refractivity contribution is 5.96. The lowest BCUT2D eigenvalue weighted by Crippen LogP contribution is -2.41. The Bertz CT molecular complexity index is 392. The lowest BCUT2D eigenvalue weighted by atomic mass is 10.1. The van der Waals surface area contributed by atoms with Crippen LogP contribution in [0.25, 0.3) is 0 Å². The molecule has 0 saturated heterocycles. The van der Waals surface area contributed by atoms with Gasteiger partial charge in [-0.15, -0.1) is 0 Å². The first-order chi connectivity index (χ1) is 8.69. The molecule has 0 radical (unpaired) electrons. The highest BCUT2D eigenvalue weighted by Gasteiger charge is 2.21. The minimum absolute atomic E-state index is 0.289. The van der Waals surface area contributed by atoms with E-state index in [2.05, 4.69) is 10.1 Å². The smallest absolute Gasteiger partial charge is 0.328 e. The number of methoxy groups -OCH3 is 1. The largest absolute Gasteiger partial charge is 0.467 e. The van der Waals surface area contributed by atoms with Gasteiger partial charge in [0.05, 0.1) is 7.11 Å². The van der Waals surface area contributed by atoms with E-state index in [1.54, 1.807) is 24.3 Å². The van der Waals surface area contributed by atoms with Gasteiger partial charge in [-0.2, -0.15) is 0 Å². The normalized spacial score (nSPS) is 11.7. The van der Waals surface area contributed by atoms with Gasteiger partial charge in [-0.05, 0) is 31.5 Å². The van der Waals surface area contributed by atoms with Gasteiger partial charge in [-0.25, -0.2) is 4.79 Å². The predicted octanol–water partition coefficient (Wildman–Crippen LogP) is 0.697. The summed E-state index contributed by atoms with van der Waals surface area (Å²) in [6.45, 7) is 0.467. The maximum absolute atomic E-state index is 11.9. The molecule has 0 aliphatic rings. The van der Waals surface area contributed by atoms with Crippen molar-refractivity contribution in [3.8, 4) is 0 Å². The summed E-state index contributed by atoms with van der Waals surface area (Å²) in [5, 5.41) is 2.65. The molecule has 0 spiro atoms. The average Bonchev–Trinajstić information content (AvgIpc) is 2.43. The zero-order valence-electron chi connectivity index (χ0n) is 10.4. The summed E-state index contributed by atoms with van der Waals surface area (Å²) < 4.78 is 4.65. The molecule has 0 aliphatic carbocycles. The summed E-state index contributed by atoms with van der Waals surface area (Å²) in [4.78, 5) is 23.4. The van der Waals surface area contributed by atoms with Crippen molar-refractivity contribution in [1.29, 1.82) is 0 Å². The van der Waals surface area contributed by atoms with Crippen LogP contribution in [0, 0.1) is 0 Å². The Morgan fingerprint density at radius 1 is 1.33 bits per heavy atom. The van der Waals surface area contributed by atoms with E-state index < -0.39 is 12.0 Å². The number of carbonyl (C=O) groups excluding carboxylic acids is 2. The molecule has 1 aromatic carbocycles. The molecule has 5 nitrogen and oxygen atoms in total. The molecule has 0 aromatic heterocycles. The number of esters is 1. The molecule has 0 bridgehead atoms. The number of amides is 1.